The van der Waals surface area contributed by atoms with Gasteiger partial charge >= 0.3 is 0 Å². The molecule has 2 saturated heterocycles. The summed E-state index contributed by atoms with van der Waals surface area (Å²) < 4.78 is 5.76. The van der Waals surface area contributed by atoms with Gasteiger partial charge in [0.1, 0.15) is 4.32 Å². The van der Waals surface area contributed by atoms with Gasteiger partial charge < -0.3 is 9.64 Å². The van der Waals surface area contributed by atoms with E-state index in [1.54, 1.807) is 4.90 Å². The molecular formula is C18H20N2O3S2. The number of aryl methyl sites for hydroxylation is 1. The zero-order chi connectivity index (χ0) is 17.8. The third kappa shape index (κ3) is 4.48. The van der Waals surface area contributed by atoms with Crippen molar-refractivity contribution in [2.24, 2.45) is 0 Å². The summed E-state index contributed by atoms with van der Waals surface area (Å²) >= 11 is 6.61. The van der Waals surface area contributed by atoms with E-state index in [9.17, 15) is 9.59 Å². The monoisotopic (exact) mass is 376 g/mol. The molecule has 2 fully saturated rings. The lowest BCUT2D eigenvalue weighted by Gasteiger charge is -2.27. The fourth-order valence-electron chi connectivity index (χ4n) is 2.69. The van der Waals surface area contributed by atoms with Crippen LogP contribution in [0.4, 0.5) is 0 Å². The standard InChI is InChI=1S/C18H20N2O3S2/c1-13-2-4-14(5-3-13)12-15-17(22)20(18(24)25-15)7-6-16(21)19-8-10-23-11-9-19/h2-5,12H,6-11H2,1H3. The van der Waals surface area contributed by atoms with Crippen LogP contribution in [0.15, 0.2) is 29.2 Å². The van der Waals surface area contributed by atoms with Gasteiger partial charge in [-0.1, -0.05) is 53.8 Å². The number of benzene rings is 1. The molecule has 1 aromatic rings. The second kappa shape index (κ2) is 8.12. The molecule has 1 aromatic carbocycles. The number of amides is 2. The number of carbonyl (C=O) groups is 2. The molecule has 0 bridgehead atoms. The number of ether oxygens (including phenoxy) is 1. The highest BCUT2D eigenvalue weighted by Gasteiger charge is 2.32. The molecule has 5 nitrogen and oxygen atoms in total. The maximum absolute atomic E-state index is 12.6. The van der Waals surface area contributed by atoms with Crippen LogP contribution in [0.3, 0.4) is 0 Å². The zero-order valence-electron chi connectivity index (χ0n) is 14.1. The molecule has 132 valence electrons. The van der Waals surface area contributed by atoms with Crippen molar-refractivity contribution >= 4 is 46.2 Å². The minimum Gasteiger partial charge on any atom is -0.378 e. The molecule has 0 radical (unpaired) electrons. The van der Waals surface area contributed by atoms with Crippen LogP contribution < -0.4 is 0 Å². The van der Waals surface area contributed by atoms with E-state index >= 15 is 0 Å². The minimum atomic E-state index is -0.120. The van der Waals surface area contributed by atoms with Crippen molar-refractivity contribution in [3.8, 4) is 0 Å². The number of thioether (sulfide) groups is 1. The van der Waals surface area contributed by atoms with Gasteiger partial charge in [-0.25, -0.2) is 0 Å². The Morgan fingerprint density at radius 2 is 1.96 bits per heavy atom. The summed E-state index contributed by atoms with van der Waals surface area (Å²) in [6, 6.07) is 7.97. The number of morpholine rings is 1. The van der Waals surface area contributed by atoms with Crippen molar-refractivity contribution in [2.45, 2.75) is 13.3 Å². The lowest BCUT2D eigenvalue weighted by Crippen LogP contribution is -2.42. The molecule has 7 heteroatoms. The maximum Gasteiger partial charge on any atom is 0.266 e. The molecule has 2 heterocycles. The average molecular weight is 377 g/mol. The van der Waals surface area contributed by atoms with Crippen molar-refractivity contribution < 1.29 is 14.3 Å². The summed E-state index contributed by atoms with van der Waals surface area (Å²) in [6.45, 7) is 4.73. The Labute approximate surface area is 157 Å². The first-order valence-corrected chi connectivity index (χ1v) is 9.44. The van der Waals surface area contributed by atoms with Crippen LogP contribution in [0.2, 0.25) is 0 Å². The second-order valence-electron chi connectivity index (χ2n) is 5.99. The van der Waals surface area contributed by atoms with Crippen LogP contribution in [0.1, 0.15) is 17.5 Å². The van der Waals surface area contributed by atoms with Gasteiger partial charge in [-0.15, -0.1) is 0 Å². The second-order valence-corrected chi connectivity index (χ2v) is 7.66. The summed E-state index contributed by atoms with van der Waals surface area (Å²) in [6.07, 6.45) is 2.13. The van der Waals surface area contributed by atoms with Gasteiger partial charge in [0.25, 0.3) is 5.91 Å². The molecule has 3 rings (SSSR count). The molecule has 0 saturated carbocycles. The van der Waals surface area contributed by atoms with E-state index in [1.807, 2.05) is 37.3 Å². The minimum absolute atomic E-state index is 0.0415. The van der Waals surface area contributed by atoms with Gasteiger partial charge in [0.15, 0.2) is 0 Å². The number of nitrogens with zero attached hydrogens (tertiary/aromatic N) is 2. The molecular weight excluding hydrogens is 356 g/mol. The Bertz CT molecular complexity index is 710. The zero-order valence-corrected chi connectivity index (χ0v) is 15.7. The van der Waals surface area contributed by atoms with Gasteiger partial charge in [-0.05, 0) is 18.6 Å². The smallest absolute Gasteiger partial charge is 0.266 e. The van der Waals surface area contributed by atoms with E-state index < -0.39 is 0 Å². The van der Waals surface area contributed by atoms with Crippen molar-refractivity contribution in [3.05, 3.63) is 40.3 Å². The lowest BCUT2D eigenvalue weighted by molar-refractivity contribution is -0.135. The first-order chi connectivity index (χ1) is 12.0. The summed E-state index contributed by atoms with van der Waals surface area (Å²) in [7, 11) is 0. The van der Waals surface area contributed by atoms with Crippen molar-refractivity contribution in [2.75, 3.05) is 32.8 Å². The fraction of sp³-hybridized carbons (Fsp3) is 0.389. The normalized spacial score (nSPS) is 19.8. The van der Waals surface area contributed by atoms with Crippen molar-refractivity contribution in [1.82, 2.24) is 9.80 Å². The predicted molar refractivity (Wildman–Crippen MR) is 103 cm³/mol. The van der Waals surface area contributed by atoms with Crippen LogP contribution in [-0.2, 0) is 14.3 Å². The van der Waals surface area contributed by atoms with E-state index in [1.165, 1.54) is 22.2 Å². The highest BCUT2D eigenvalue weighted by atomic mass is 32.2. The summed E-state index contributed by atoms with van der Waals surface area (Å²) in [5.74, 6) is -0.0785. The molecule has 0 atom stereocenters. The Balaban J connectivity index is 1.61. The number of hydrogen-bond donors (Lipinski definition) is 0. The molecule has 2 aliphatic rings. The molecule has 0 spiro atoms. The summed E-state index contributed by atoms with van der Waals surface area (Å²) in [5.41, 5.74) is 2.14. The van der Waals surface area contributed by atoms with Crippen LogP contribution in [0.25, 0.3) is 6.08 Å². The Morgan fingerprint density at radius 3 is 2.64 bits per heavy atom. The van der Waals surface area contributed by atoms with E-state index in [0.717, 1.165) is 5.56 Å². The van der Waals surface area contributed by atoms with Crippen LogP contribution in [0, 0.1) is 6.92 Å². The topological polar surface area (TPSA) is 49.9 Å². The lowest BCUT2D eigenvalue weighted by atomic mass is 10.1. The van der Waals surface area contributed by atoms with E-state index in [0.29, 0.717) is 42.1 Å². The van der Waals surface area contributed by atoms with Crippen LogP contribution in [0.5, 0.6) is 0 Å². The maximum atomic E-state index is 12.6. The Hall–Kier alpha value is -1.70. The van der Waals surface area contributed by atoms with E-state index in [4.69, 9.17) is 17.0 Å². The van der Waals surface area contributed by atoms with Crippen molar-refractivity contribution in [3.63, 3.8) is 0 Å². The van der Waals surface area contributed by atoms with Gasteiger partial charge in [0.2, 0.25) is 5.91 Å². The molecule has 0 aromatic heterocycles. The highest BCUT2D eigenvalue weighted by molar-refractivity contribution is 8.26. The van der Waals surface area contributed by atoms with Crippen molar-refractivity contribution in [1.29, 1.82) is 0 Å². The first-order valence-electron chi connectivity index (χ1n) is 8.22. The summed E-state index contributed by atoms with van der Waals surface area (Å²) in [4.78, 5) is 28.7. The molecule has 2 amide bonds. The fourth-order valence-corrected chi connectivity index (χ4v) is 3.99. The van der Waals surface area contributed by atoms with Gasteiger partial charge in [-0.2, -0.15) is 0 Å². The first kappa shape index (κ1) is 18.1. The van der Waals surface area contributed by atoms with E-state index in [2.05, 4.69) is 0 Å². The van der Waals surface area contributed by atoms with Crippen LogP contribution in [-0.4, -0.2) is 58.8 Å². The number of thiocarbonyl (C=S) groups is 1. The van der Waals surface area contributed by atoms with Gasteiger partial charge in [-0.3, -0.25) is 14.5 Å². The van der Waals surface area contributed by atoms with E-state index in [-0.39, 0.29) is 18.2 Å². The molecule has 2 aliphatic heterocycles. The molecule has 0 unspecified atom stereocenters. The summed E-state index contributed by atoms with van der Waals surface area (Å²) in [5, 5.41) is 0. The third-order valence-electron chi connectivity index (χ3n) is 4.16. The number of hydrogen-bond acceptors (Lipinski definition) is 5. The highest BCUT2D eigenvalue weighted by Crippen LogP contribution is 2.32. The van der Waals surface area contributed by atoms with Crippen LogP contribution >= 0.6 is 24.0 Å². The quantitative estimate of drug-likeness (QED) is 0.597. The van der Waals surface area contributed by atoms with Gasteiger partial charge in [0.05, 0.1) is 18.1 Å². The number of rotatable bonds is 4. The molecule has 25 heavy (non-hydrogen) atoms. The SMILES string of the molecule is Cc1ccc(C=C2SC(=S)N(CCC(=O)N3CCOCC3)C2=O)cc1. The largest absolute Gasteiger partial charge is 0.378 e. The predicted octanol–water partition coefficient (Wildman–Crippen LogP) is 2.45. The number of carbonyl (C=O) groups excluding carboxylic acids is 2. The molecule has 0 N–H and O–H groups in total. The Kier molecular flexibility index (Phi) is 5.88. The van der Waals surface area contributed by atoms with Gasteiger partial charge in [0, 0.05) is 26.1 Å². The average Bonchev–Trinajstić information content (AvgIpc) is 2.89. The Morgan fingerprint density at radius 1 is 1.28 bits per heavy atom. The molecule has 0 aliphatic carbocycles. The third-order valence-corrected chi connectivity index (χ3v) is 5.54.